The zero-order chi connectivity index (χ0) is 39.0. The number of benzene rings is 1. The van der Waals surface area contributed by atoms with E-state index in [4.69, 9.17) is 9.47 Å². The van der Waals surface area contributed by atoms with E-state index in [1.165, 1.54) is 21.9 Å². The van der Waals surface area contributed by atoms with Crippen molar-refractivity contribution < 1.29 is 51.0 Å². The Balaban J connectivity index is 1.40. The van der Waals surface area contributed by atoms with Gasteiger partial charge in [0.05, 0.1) is 42.1 Å². The van der Waals surface area contributed by atoms with Crippen LogP contribution in [-0.4, -0.2) is 83.2 Å². The lowest BCUT2D eigenvalue weighted by Gasteiger charge is -2.29. The molecule has 0 bridgehead atoms. The molecular formula is C38H48FN3O10S. The van der Waals surface area contributed by atoms with Gasteiger partial charge in [0.1, 0.15) is 17.5 Å². The van der Waals surface area contributed by atoms with Crippen molar-refractivity contribution >= 4 is 45.5 Å². The summed E-state index contributed by atoms with van der Waals surface area (Å²) in [7, 11) is -3.93. The number of ketones is 2. The molecule has 0 spiro atoms. The fourth-order valence-electron chi connectivity index (χ4n) is 7.08. The summed E-state index contributed by atoms with van der Waals surface area (Å²) in [6.45, 7) is 11.8. The fraction of sp³-hybridized carbons (Fsp3) is 0.579. The summed E-state index contributed by atoms with van der Waals surface area (Å²) in [5, 5.41) is -0.672. The van der Waals surface area contributed by atoms with Crippen LogP contribution < -0.4 is 4.72 Å². The minimum absolute atomic E-state index is 0.0345. The number of likely N-dealkylation sites (tertiary alicyclic amines) is 1. The van der Waals surface area contributed by atoms with Crippen LogP contribution in [0.2, 0.25) is 0 Å². The molecule has 1 N–H and O–H groups in total. The Kier molecular flexibility index (Phi) is 11.4. The van der Waals surface area contributed by atoms with Crippen LogP contribution in [0, 0.1) is 23.1 Å². The minimum Gasteiger partial charge on any atom is -0.460 e. The first-order chi connectivity index (χ1) is 24.8. The van der Waals surface area contributed by atoms with Crippen LogP contribution in [0.5, 0.6) is 0 Å². The highest BCUT2D eigenvalue weighted by molar-refractivity contribution is 7.90. The zero-order valence-electron chi connectivity index (χ0n) is 30.8. The number of allylic oxidation sites excluding steroid dienone is 3. The summed E-state index contributed by atoms with van der Waals surface area (Å²) in [6.07, 6.45) is 0.859. The van der Waals surface area contributed by atoms with E-state index in [1.54, 1.807) is 52.8 Å². The van der Waals surface area contributed by atoms with Gasteiger partial charge in [-0.2, -0.15) is 0 Å². The fourth-order valence-corrected chi connectivity index (χ4v) is 8.46. The first kappa shape index (κ1) is 39.8. The number of carbonyl (C=O) groups is 6. The summed E-state index contributed by atoms with van der Waals surface area (Å²) < 4.78 is 53.2. The number of esters is 1. The number of rotatable bonds is 14. The molecule has 3 amide bonds. The van der Waals surface area contributed by atoms with E-state index in [0.717, 1.165) is 0 Å². The van der Waals surface area contributed by atoms with Gasteiger partial charge in [0.15, 0.2) is 11.6 Å². The summed E-state index contributed by atoms with van der Waals surface area (Å²) in [5.74, 6) is -5.44. The molecule has 13 nitrogen and oxygen atoms in total. The van der Waals surface area contributed by atoms with Gasteiger partial charge in [-0.1, -0.05) is 24.3 Å². The zero-order valence-corrected chi connectivity index (χ0v) is 31.6. The van der Waals surface area contributed by atoms with Crippen LogP contribution in [0.1, 0.15) is 90.7 Å². The van der Waals surface area contributed by atoms with Gasteiger partial charge in [-0.3, -0.25) is 33.6 Å². The molecule has 5 atom stereocenters. The molecule has 4 aliphatic rings. The van der Waals surface area contributed by atoms with Crippen molar-refractivity contribution in [3.63, 3.8) is 0 Å². The van der Waals surface area contributed by atoms with E-state index in [-0.39, 0.29) is 44.7 Å². The van der Waals surface area contributed by atoms with Gasteiger partial charge in [-0.15, -0.1) is 6.58 Å². The van der Waals surface area contributed by atoms with Crippen LogP contribution in [0.3, 0.4) is 0 Å². The molecule has 1 aromatic carbocycles. The lowest BCUT2D eigenvalue weighted by Crippen LogP contribution is -2.47. The van der Waals surface area contributed by atoms with Gasteiger partial charge in [0.2, 0.25) is 21.8 Å². The number of amides is 3. The summed E-state index contributed by atoms with van der Waals surface area (Å²) in [6, 6.07) is 3.30. The van der Waals surface area contributed by atoms with Crippen molar-refractivity contribution in [3.05, 3.63) is 59.4 Å². The van der Waals surface area contributed by atoms with Gasteiger partial charge in [0, 0.05) is 31.4 Å². The van der Waals surface area contributed by atoms with Gasteiger partial charge < -0.3 is 14.4 Å². The Hall–Kier alpha value is -4.40. The van der Waals surface area contributed by atoms with Crippen molar-refractivity contribution in [3.8, 4) is 0 Å². The molecule has 2 saturated carbocycles. The average molecular weight is 758 g/mol. The van der Waals surface area contributed by atoms with Crippen LogP contribution >= 0.6 is 0 Å². The van der Waals surface area contributed by atoms with E-state index < -0.39 is 98.6 Å². The standard InChI is InChI=1S/C38H48FN3O10S/c1-7-22(3)31(43)14-24(15-33(45)52-37(4,5)6)34(46)42-20-26(51-36(48)41-19-23-10-9-11-29(39)28(23)21-41)16-30(42)32(44)18-38(17-25(38)8-2)35(47)40-53(49,50)27-12-13-27/h7-11,24-27,30H,2,12-21H2,1,3-6H3,(H,40,47)/b22-7+/t24-,25-,26-,30+,38-/m1/s1. The number of hydrogen-bond acceptors (Lipinski definition) is 10. The molecule has 2 aliphatic heterocycles. The van der Waals surface area contributed by atoms with E-state index in [0.29, 0.717) is 29.5 Å². The second-order valence-corrected chi connectivity index (χ2v) is 17.5. The smallest absolute Gasteiger partial charge is 0.410 e. The number of hydrogen-bond donors (Lipinski definition) is 1. The minimum atomic E-state index is -3.93. The van der Waals surface area contributed by atoms with Crippen molar-refractivity contribution in [2.45, 2.75) is 116 Å². The van der Waals surface area contributed by atoms with Crippen LogP contribution in [0.15, 0.2) is 42.5 Å². The molecule has 0 radical (unpaired) electrons. The Labute approximate surface area is 309 Å². The maximum atomic E-state index is 14.4. The SMILES string of the molecule is C=C[C@@H]1C[C@]1(CC(=O)[C@@H]1C[C@@H](OC(=O)N2Cc3cccc(F)c3C2)CN1C(=O)[C@@H](CC(=O)OC(C)(C)C)CC(=O)/C(C)=C/C)C(=O)NS(=O)(=O)C1CC1. The highest BCUT2D eigenvalue weighted by Crippen LogP contribution is 2.57. The molecule has 2 heterocycles. The number of nitrogens with one attached hydrogen (secondary N) is 1. The highest BCUT2D eigenvalue weighted by Gasteiger charge is 2.61. The Morgan fingerprint density at radius 2 is 1.81 bits per heavy atom. The Morgan fingerprint density at radius 1 is 1.11 bits per heavy atom. The lowest BCUT2D eigenvalue weighted by atomic mass is 9.90. The largest absolute Gasteiger partial charge is 0.460 e. The van der Waals surface area contributed by atoms with Gasteiger partial charge in [0.25, 0.3) is 0 Å². The van der Waals surface area contributed by atoms with E-state index in [9.17, 15) is 41.6 Å². The van der Waals surface area contributed by atoms with Crippen LogP contribution in [0.25, 0.3) is 0 Å². The van der Waals surface area contributed by atoms with Crippen molar-refractivity contribution in [1.29, 1.82) is 0 Å². The molecule has 15 heteroatoms. The van der Waals surface area contributed by atoms with Crippen molar-refractivity contribution in [2.24, 2.45) is 17.3 Å². The quantitative estimate of drug-likeness (QED) is 0.164. The van der Waals surface area contributed by atoms with Crippen LogP contribution in [-0.2, 0) is 56.6 Å². The third-order valence-electron chi connectivity index (χ3n) is 10.4. The van der Waals surface area contributed by atoms with E-state index >= 15 is 0 Å². The van der Waals surface area contributed by atoms with Crippen molar-refractivity contribution in [1.82, 2.24) is 14.5 Å². The number of nitrogens with zero attached hydrogens (tertiary/aromatic N) is 2. The van der Waals surface area contributed by atoms with Gasteiger partial charge in [-0.25, -0.2) is 17.6 Å². The van der Waals surface area contributed by atoms with E-state index in [2.05, 4.69) is 11.3 Å². The molecule has 288 valence electrons. The summed E-state index contributed by atoms with van der Waals surface area (Å²) in [5.41, 5.74) is -0.942. The maximum Gasteiger partial charge on any atom is 0.410 e. The molecule has 3 fully saturated rings. The van der Waals surface area contributed by atoms with Crippen LogP contribution in [0.4, 0.5) is 9.18 Å². The monoisotopic (exact) mass is 757 g/mol. The predicted octanol–water partition coefficient (Wildman–Crippen LogP) is 4.28. The number of Topliss-reactive ketones (excluding diaryl/α,β-unsaturated/α-hetero) is 2. The molecule has 1 aromatic rings. The molecule has 0 aromatic heterocycles. The van der Waals surface area contributed by atoms with Gasteiger partial charge in [-0.05, 0) is 77.0 Å². The second kappa shape index (κ2) is 15.2. The molecule has 2 aliphatic carbocycles. The average Bonchev–Trinajstić information content (AvgIpc) is 3.97. The molecular weight excluding hydrogens is 709 g/mol. The predicted molar refractivity (Wildman–Crippen MR) is 189 cm³/mol. The maximum absolute atomic E-state index is 14.4. The molecule has 1 saturated heterocycles. The number of halogens is 1. The normalized spacial score (nSPS) is 24.6. The highest BCUT2D eigenvalue weighted by atomic mass is 32.2. The first-order valence-corrected chi connectivity index (χ1v) is 19.4. The lowest BCUT2D eigenvalue weighted by molar-refractivity contribution is -0.159. The molecule has 5 rings (SSSR count). The van der Waals surface area contributed by atoms with Crippen molar-refractivity contribution in [2.75, 3.05) is 6.54 Å². The number of fused-ring (bicyclic) bond motifs is 1. The number of carbonyl (C=O) groups excluding carboxylic acids is 6. The molecule has 53 heavy (non-hydrogen) atoms. The Bertz CT molecular complexity index is 1850. The topological polar surface area (TPSA) is 174 Å². The van der Waals surface area contributed by atoms with E-state index in [1.807, 2.05) is 0 Å². The first-order valence-electron chi connectivity index (χ1n) is 17.9. The molecule has 0 unspecified atom stereocenters. The third-order valence-corrected chi connectivity index (χ3v) is 12.2. The number of ether oxygens (including phenoxy) is 2. The third kappa shape index (κ3) is 9.05. The number of sulfonamides is 1. The van der Waals surface area contributed by atoms with Gasteiger partial charge >= 0.3 is 12.1 Å². The summed E-state index contributed by atoms with van der Waals surface area (Å²) >= 11 is 0. The Morgan fingerprint density at radius 3 is 2.40 bits per heavy atom. The summed E-state index contributed by atoms with van der Waals surface area (Å²) in [4.78, 5) is 84.1. The second-order valence-electron chi connectivity index (χ2n) is 15.6.